The minimum atomic E-state index is -0.452. The lowest BCUT2D eigenvalue weighted by molar-refractivity contribution is -0.154. The number of esters is 1. The third-order valence-corrected chi connectivity index (χ3v) is 3.90. The van der Waals surface area contributed by atoms with Crippen molar-refractivity contribution in [1.82, 2.24) is 0 Å². The first-order valence-corrected chi connectivity index (χ1v) is 4.95. The molecule has 0 amide bonds. The van der Waals surface area contributed by atoms with Crippen LogP contribution in [0.25, 0.3) is 0 Å². The molecule has 0 spiro atoms. The van der Waals surface area contributed by atoms with Gasteiger partial charge in [0.2, 0.25) is 0 Å². The molecule has 0 aromatic heterocycles. The monoisotopic (exact) mass is 198 g/mol. The van der Waals surface area contributed by atoms with Gasteiger partial charge in [0.15, 0.2) is 0 Å². The predicted octanol–water partition coefficient (Wildman–Crippen LogP) is 0.494. The first-order chi connectivity index (χ1) is 6.51. The number of epoxide rings is 1. The Kier molecular flexibility index (Phi) is 1.33. The van der Waals surface area contributed by atoms with E-state index in [2.05, 4.69) is 0 Å². The van der Waals surface area contributed by atoms with Crippen molar-refractivity contribution in [2.75, 3.05) is 7.11 Å². The van der Waals surface area contributed by atoms with Crippen LogP contribution in [0.5, 0.6) is 0 Å². The van der Waals surface area contributed by atoms with Crippen molar-refractivity contribution in [1.29, 1.82) is 0 Å². The van der Waals surface area contributed by atoms with E-state index in [9.17, 15) is 4.79 Å². The molecule has 4 nitrogen and oxygen atoms in total. The Morgan fingerprint density at radius 2 is 2.14 bits per heavy atom. The van der Waals surface area contributed by atoms with Crippen LogP contribution in [-0.2, 0) is 19.0 Å². The van der Waals surface area contributed by atoms with Crippen molar-refractivity contribution in [3.63, 3.8) is 0 Å². The Labute approximate surface area is 82.5 Å². The lowest BCUT2D eigenvalue weighted by atomic mass is 9.75. The first-order valence-electron chi connectivity index (χ1n) is 4.95. The van der Waals surface area contributed by atoms with Crippen molar-refractivity contribution in [3.05, 3.63) is 0 Å². The summed E-state index contributed by atoms with van der Waals surface area (Å²) in [4.78, 5) is 11.6. The summed E-state index contributed by atoms with van der Waals surface area (Å²) in [6.07, 6.45) is 1.02. The molecule has 3 fully saturated rings. The van der Waals surface area contributed by atoms with E-state index in [0.717, 1.165) is 6.42 Å². The van der Waals surface area contributed by atoms with Crippen LogP contribution in [0.4, 0.5) is 0 Å². The second-order valence-corrected chi connectivity index (χ2v) is 4.86. The molecule has 3 saturated heterocycles. The maximum atomic E-state index is 11.6. The van der Waals surface area contributed by atoms with Gasteiger partial charge in [-0.05, 0) is 20.3 Å². The van der Waals surface area contributed by atoms with Crippen LogP contribution in [0.15, 0.2) is 0 Å². The van der Waals surface area contributed by atoms with E-state index >= 15 is 0 Å². The van der Waals surface area contributed by atoms with Crippen molar-refractivity contribution in [2.45, 2.75) is 43.7 Å². The molecule has 3 heterocycles. The van der Waals surface area contributed by atoms with E-state index in [1.54, 1.807) is 0 Å². The molecule has 0 N–H and O–H groups in total. The van der Waals surface area contributed by atoms with Crippen molar-refractivity contribution in [3.8, 4) is 0 Å². The van der Waals surface area contributed by atoms with Crippen LogP contribution in [0, 0.1) is 5.92 Å². The zero-order valence-corrected chi connectivity index (χ0v) is 8.57. The van der Waals surface area contributed by atoms with Gasteiger partial charge in [-0.3, -0.25) is 4.79 Å². The van der Waals surface area contributed by atoms with E-state index in [1.807, 2.05) is 13.8 Å². The number of hydrogen-bond donors (Lipinski definition) is 0. The van der Waals surface area contributed by atoms with E-state index in [-0.39, 0.29) is 29.7 Å². The van der Waals surface area contributed by atoms with Gasteiger partial charge in [0.25, 0.3) is 0 Å². The molecule has 3 aliphatic rings. The Morgan fingerprint density at radius 1 is 1.43 bits per heavy atom. The smallest absolute Gasteiger partial charge is 0.311 e. The average Bonchev–Trinajstić information content (AvgIpc) is 2.85. The zero-order chi connectivity index (χ0) is 10.1. The molecule has 4 heteroatoms. The van der Waals surface area contributed by atoms with Crippen LogP contribution >= 0.6 is 0 Å². The minimum absolute atomic E-state index is 0.102. The number of fused-ring (bicyclic) bond motifs is 5. The number of carbonyl (C=O) groups excluding carboxylic acids is 1. The molecule has 0 radical (unpaired) electrons. The summed E-state index contributed by atoms with van der Waals surface area (Å²) in [5.41, 5.74) is -0.717. The molecule has 78 valence electrons. The van der Waals surface area contributed by atoms with Crippen LogP contribution in [-0.4, -0.2) is 36.5 Å². The maximum Gasteiger partial charge on any atom is 0.311 e. The van der Waals surface area contributed by atoms with Gasteiger partial charge in [0.05, 0.1) is 18.6 Å². The molecule has 5 atom stereocenters. The molecule has 0 saturated carbocycles. The van der Waals surface area contributed by atoms with E-state index in [0.29, 0.717) is 0 Å². The number of methoxy groups -OCH3 is 1. The van der Waals surface area contributed by atoms with Gasteiger partial charge in [-0.15, -0.1) is 0 Å². The van der Waals surface area contributed by atoms with E-state index < -0.39 is 5.60 Å². The Balaban J connectivity index is 1.95. The second-order valence-electron chi connectivity index (χ2n) is 4.86. The lowest BCUT2D eigenvalue weighted by Gasteiger charge is -2.25. The molecule has 0 aromatic carbocycles. The molecule has 3 rings (SSSR count). The van der Waals surface area contributed by atoms with Gasteiger partial charge < -0.3 is 14.2 Å². The van der Waals surface area contributed by atoms with Gasteiger partial charge in [0.1, 0.15) is 17.8 Å². The molecule has 14 heavy (non-hydrogen) atoms. The molecule has 0 unspecified atom stereocenters. The zero-order valence-electron chi connectivity index (χ0n) is 8.57. The van der Waals surface area contributed by atoms with E-state index in [1.165, 1.54) is 7.11 Å². The van der Waals surface area contributed by atoms with E-state index in [4.69, 9.17) is 14.2 Å². The Morgan fingerprint density at radius 3 is 2.64 bits per heavy atom. The van der Waals surface area contributed by atoms with Crippen LogP contribution in [0.1, 0.15) is 20.3 Å². The van der Waals surface area contributed by atoms with Gasteiger partial charge in [-0.25, -0.2) is 0 Å². The fourth-order valence-corrected chi connectivity index (χ4v) is 3.13. The normalized spacial score (nSPS) is 58.4. The molecular formula is C10H14O4. The SMILES string of the molecule is COC(=O)[C@H]1C[C@@]2(C)O[C@]1(C)[C@@H]1O[C@@H]12. The molecular weight excluding hydrogens is 184 g/mol. The van der Waals surface area contributed by atoms with Crippen LogP contribution < -0.4 is 0 Å². The lowest BCUT2D eigenvalue weighted by Crippen LogP contribution is -2.42. The maximum absolute atomic E-state index is 11.6. The van der Waals surface area contributed by atoms with Gasteiger partial charge in [0, 0.05) is 0 Å². The fourth-order valence-electron chi connectivity index (χ4n) is 3.13. The Bertz CT molecular complexity index is 315. The highest BCUT2D eigenvalue weighted by Gasteiger charge is 2.78. The van der Waals surface area contributed by atoms with Crippen molar-refractivity contribution < 1.29 is 19.0 Å². The summed E-state index contributed by atoms with van der Waals surface area (Å²) in [6.45, 7) is 3.98. The summed E-state index contributed by atoms with van der Waals surface area (Å²) in [5.74, 6) is -0.341. The van der Waals surface area contributed by atoms with Gasteiger partial charge in [-0.1, -0.05) is 0 Å². The second kappa shape index (κ2) is 2.14. The van der Waals surface area contributed by atoms with Crippen LogP contribution in [0.2, 0.25) is 0 Å². The summed E-state index contributed by atoms with van der Waals surface area (Å²) in [6, 6.07) is 0. The summed E-state index contributed by atoms with van der Waals surface area (Å²) < 4.78 is 16.2. The quantitative estimate of drug-likeness (QED) is 0.454. The summed E-state index contributed by atoms with van der Waals surface area (Å²) in [7, 11) is 1.42. The largest absolute Gasteiger partial charge is 0.469 e. The number of carbonyl (C=O) groups is 1. The van der Waals surface area contributed by atoms with Gasteiger partial charge in [-0.2, -0.15) is 0 Å². The number of ether oxygens (including phenoxy) is 3. The van der Waals surface area contributed by atoms with Crippen molar-refractivity contribution >= 4 is 5.97 Å². The molecule has 0 aliphatic carbocycles. The molecule has 2 bridgehead atoms. The topological polar surface area (TPSA) is 48.1 Å². The predicted molar refractivity (Wildman–Crippen MR) is 46.7 cm³/mol. The molecule has 3 aliphatic heterocycles. The molecule has 0 aromatic rings. The number of rotatable bonds is 1. The average molecular weight is 198 g/mol. The van der Waals surface area contributed by atoms with Crippen LogP contribution in [0.3, 0.4) is 0 Å². The Hall–Kier alpha value is -0.610. The third kappa shape index (κ3) is 0.754. The number of hydrogen-bond acceptors (Lipinski definition) is 4. The first kappa shape index (κ1) is 8.68. The standard InChI is InChI=1S/C10H14O4/c1-9-4-5(8(11)12-3)10(2,14-9)7-6(9)13-7/h5-7H,4H2,1-3H3/t5-,6+,7-,9-,10+/m1/s1. The van der Waals surface area contributed by atoms with Crippen molar-refractivity contribution in [2.24, 2.45) is 5.92 Å². The highest BCUT2D eigenvalue weighted by molar-refractivity contribution is 5.75. The third-order valence-electron chi connectivity index (χ3n) is 3.90. The fraction of sp³-hybridized carbons (Fsp3) is 0.900. The van der Waals surface area contributed by atoms with Gasteiger partial charge >= 0.3 is 5.97 Å². The minimum Gasteiger partial charge on any atom is -0.469 e. The summed E-state index contributed by atoms with van der Waals surface area (Å²) >= 11 is 0. The highest BCUT2D eigenvalue weighted by atomic mass is 16.7. The highest BCUT2D eigenvalue weighted by Crippen LogP contribution is 2.63. The summed E-state index contributed by atoms with van der Waals surface area (Å²) in [5, 5.41) is 0.